The number of benzene rings is 2. The number of hydrogen-bond donors (Lipinski definition) is 2. The van der Waals surface area contributed by atoms with Crippen molar-refractivity contribution in [2.45, 2.75) is 31.2 Å². The van der Waals surface area contributed by atoms with E-state index in [1.807, 2.05) is 0 Å². The molecule has 1 heterocycles. The zero-order chi connectivity index (χ0) is 20.9. The normalized spacial score (nSPS) is 13.6. The summed E-state index contributed by atoms with van der Waals surface area (Å²) in [6.07, 6.45) is 0.678. The molecule has 1 amide bonds. The molecule has 3 rings (SSSR count). The molecule has 0 saturated heterocycles. The molecule has 9 heteroatoms. The lowest BCUT2D eigenvalue weighted by Gasteiger charge is -2.11. The van der Waals surface area contributed by atoms with Crippen LogP contribution in [-0.2, 0) is 21.4 Å². The van der Waals surface area contributed by atoms with Crippen molar-refractivity contribution in [2.24, 2.45) is 0 Å². The summed E-state index contributed by atoms with van der Waals surface area (Å²) in [5.74, 6) is 0.216. The molecule has 0 radical (unpaired) electrons. The molecule has 7 nitrogen and oxygen atoms in total. The maximum Gasteiger partial charge on any atom is 0.240 e. The number of rotatable bonds is 7. The van der Waals surface area contributed by atoms with E-state index in [9.17, 15) is 17.6 Å². The van der Waals surface area contributed by atoms with Crippen LogP contribution in [0.2, 0.25) is 0 Å². The summed E-state index contributed by atoms with van der Waals surface area (Å²) < 4.78 is 51.8. The Kier molecular flexibility index (Phi) is 6.71. The van der Waals surface area contributed by atoms with E-state index in [1.54, 1.807) is 25.1 Å². The third-order valence-corrected chi connectivity index (χ3v) is 5.86. The van der Waals surface area contributed by atoms with E-state index < -0.39 is 10.0 Å². The highest BCUT2D eigenvalue weighted by Crippen LogP contribution is 2.31. The highest BCUT2D eigenvalue weighted by molar-refractivity contribution is 7.89. The standard InChI is InChI=1S/C20H23FN2O5S/c1-14-3-4-15(11-17(14)21)13-22-20(24)7-8-23-29(25,26)16-5-6-18-19(12-16)28-10-2-9-27-18/h3-6,11-12,23H,2,7-10,13H2,1H3,(H,22,24). The molecule has 2 N–H and O–H groups in total. The number of fused-ring (bicyclic) bond motifs is 1. The molecule has 0 saturated carbocycles. The van der Waals surface area contributed by atoms with Gasteiger partial charge in [0.25, 0.3) is 0 Å². The third-order valence-electron chi connectivity index (χ3n) is 4.40. The molecule has 156 valence electrons. The Morgan fingerprint density at radius 1 is 1.10 bits per heavy atom. The molecule has 2 aromatic rings. The Morgan fingerprint density at radius 2 is 1.86 bits per heavy atom. The topological polar surface area (TPSA) is 93.7 Å². The molecule has 0 fully saturated rings. The van der Waals surface area contributed by atoms with Crippen molar-refractivity contribution >= 4 is 15.9 Å². The fourth-order valence-electron chi connectivity index (χ4n) is 2.73. The first-order valence-electron chi connectivity index (χ1n) is 9.26. The summed E-state index contributed by atoms with van der Waals surface area (Å²) in [5, 5.41) is 2.64. The van der Waals surface area contributed by atoms with Gasteiger partial charge in [0.1, 0.15) is 5.82 Å². The van der Waals surface area contributed by atoms with E-state index in [1.165, 1.54) is 18.2 Å². The Hall–Kier alpha value is -2.65. The number of nitrogens with one attached hydrogen (secondary N) is 2. The van der Waals surface area contributed by atoms with E-state index in [4.69, 9.17) is 9.47 Å². The van der Waals surface area contributed by atoms with Crippen LogP contribution in [0.3, 0.4) is 0 Å². The zero-order valence-electron chi connectivity index (χ0n) is 16.0. The Balaban J connectivity index is 1.50. The van der Waals surface area contributed by atoms with Crippen molar-refractivity contribution in [1.29, 1.82) is 0 Å². The number of carbonyl (C=O) groups is 1. The van der Waals surface area contributed by atoms with Gasteiger partial charge in [-0.25, -0.2) is 17.5 Å². The first-order valence-corrected chi connectivity index (χ1v) is 10.7. The summed E-state index contributed by atoms with van der Waals surface area (Å²) in [4.78, 5) is 12.0. The lowest BCUT2D eigenvalue weighted by Crippen LogP contribution is -2.30. The van der Waals surface area contributed by atoms with Crippen molar-refractivity contribution in [3.05, 3.63) is 53.3 Å². The van der Waals surface area contributed by atoms with Gasteiger partial charge in [0, 0.05) is 32.0 Å². The van der Waals surface area contributed by atoms with Gasteiger partial charge in [0.15, 0.2) is 11.5 Å². The minimum Gasteiger partial charge on any atom is -0.490 e. The molecule has 0 unspecified atom stereocenters. The van der Waals surface area contributed by atoms with Crippen molar-refractivity contribution < 1.29 is 27.1 Å². The molecule has 1 aliphatic rings. The molecular formula is C20H23FN2O5S. The van der Waals surface area contributed by atoms with Crippen LogP contribution < -0.4 is 19.5 Å². The van der Waals surface area contributed by atoms with Gasteiger partial charge in [-0.15, -0.1) is 0 Å². The van der Waals surface area contributed by atoms with Crippen LogP contribution in [0, 0.1) is 12.7 Å². The number of hydrogen-bond acceptors (Lipinski definition) is 5. The average Bonchev–Trinajstić information content (AvgIpc) is 2.93. The Labute approximate surface area is 169 Å². The van der Waals surface area contributed by atoms with Gasteiger partial charge in [-0.1, -0.05) is 12.1 Å². The highest BCUT2D eigenvalue weighted by Gasteiger charge is 2.19. The lowest BCUT2D eigenvalue weighted by atomic mass is 10.1. The van der Waals surface area contributed by atoms with Gasteiger partial charge in [0.2, 0.25) is 15.9 Å². The van der Waals surface area contributed by atoms with Crippen molar-refractivity contribution in [3.63, 3.8) is 0 Å². The van der Waals surface area contributed by atoms with Crippen LogP contribution >= 0.6 is 0 Å². The number of carbonyl (C=O) groups excluding carboxylic acids is 1. The van der Waals surface area contributed by atoms with Crippen LogP contribution in [0.25, 0.3) is 0 Å². The van der Waals surface area contributed by atoms with Crippen LogP contribution in [0.1, 0.15) is 24.0 Å². The second kappa shape index (κ2) is 9.23. The number of ether oxygens (including phenoxy) is 2. The van der Waals surface area contributed by atoms with Gasteiger partial charge in [0.05, 0.1) is 18.1 Å². The van der Waals surface area contributed by atoms with Gasteiger partial charge in [-0.3, -0.25) is 4.79 Å². The van der Waals surface area contributed by atoms with Crippen molar-refractivity contribution in [3.8, 4) is 11.5 Å². The maximum atomic E-state index is 13.5. The van der Waals surface area contributed by atoms with Gasteiger partial charge in [-0.2, -0.15) is 0 Å². The summed E-state index contributed by atoms with van der Waals surface area (Å²) in [6.45, 7) is 2.74. The predicted molar refractivity (Wildman–Crippen MR) is 105 cm³/mol. The van der Waals surface area contributed by atoms with Crippen LogP contribution in [0.4, 0.5) is 4.39 Å². The number of amides is 1. The maximum absolute atomic E-state index is 13.5. The lowest BCUT2D eigenvalue weighted by molar-refractivity contribution is -0.121. The molecule has 1 aliphatic heterocycles. The molecule has 0 spiro atoms. The molecule has 0 atom stereocenters. The zero-order valence-corrected chi connectivity index (χ0v) is 16.9. The van der Waals surface area contributed by atoms with E-state index in [0.29, 0.717) is 35.8 Å². The molecular weight excluding hydrogens is 399 g/mol. The number of halogens is 1. The van der Waals surface area contributed by atoms with E-state index >= 15 is 0 Å². The smallest absolute Gasteiger partial charge is 0.240 e. The summed E-state index contributed by atoms with van der Waals surface area (Å²) >= 11 is 0. The fraction of sp³-hybridized carbons (Fsp3) is 0.350. The SMILES string of the molecule is Cc1ccc(CNC(=O)CCNS(=O)(=O)c2ccc3c(c2)OCCCO3)cc1F. The minimum absolute atomic E-state index is 0.0392. The first kappa shape index (κ1) is 21.1. The van der Waals surface area contributed by atoms with Crippen LogP contribution in [0.5, 0.6) is 11.5 Å². The summed E-state index contributed by atoms with van der Waals surface area (Å²) in [7, 11) is -3.79. The van der Waals surface area contributed by atoms with E-state index in [-0.39, 0.29) is 36.1 Å². The molecule has 0 aromatic heterocycles. The van der Waals surface area contributed by atoms with Gasteiger partial charge >= 0.3 is 0 Å². The predicted octanol–water partition coefficient (Wildman–Crippen LogP) is 2.28. The first-order chi connectivity index (χ1) is 13.8. The monoisotopic (exact) mass is 422 g/mol. The average molecular weight is 422 g/mol. The fourth-order valence-corrected chi connectivity index (χ4v) is 3.78. The molecule has 29 heavy (non-hydrogen) atoms. The Bertz CT molecular complexity index is 994. The summed E-state index contributed by atoms with van der Waals surface area (Å²) in [6, 6.07) is 9.13. The number of sulfonamides is 1. The Morgan fingerprint density at radius 3 is 2.62 bits per heavy atom. The molecule has 2 aromatic carbocycles. The van der Waals surface area contributed by atoms with E-state index in [2.05, 4.69) is 10.0 Å². The second-order valence-corrected chi connectivity index (χ2v) is 8.43. The van der Waals surface area contributed by atoms with Crippen LogP contribution in [-0.4, -0.2) is 34.1 Å². The van der Waals surface area contributed by atoms with Crippen LogP contribution in [0.15, 0.2) is 41.3 Å². The second-order valence-electron chi connectivity index (χ2n) is 6.67. The van der Waals surface area contributed by atoms with Crippen molar-refractivity contribution in [1.82, 2.24) is 10.0 Å². The highest BCUT2D eigenvalue weighted by atomic mass is 32.2. The van der Waals surface area contributed by atoms with E-state index in [0.717, 1.165) is 6.42 Å². The van der Waals surface area contributed by atoms with Gasteiger partial charge < -0.3 is 14.8 Å². The molecule has 0 aliphatic carbocycles. The van der Waals surface area contributed by atoms with Crippen molar-refractivity contribution in [2.75, 3.05) is 19.8 Å². The quantitative estimate of drug-likeness (QED) is 0.714. The number of aryl methyl sites for hydroxylation is 1. The molecule has 0 bridgehead atoms. The third kappa shape index (κ3) is 5.68. The summed E-state index contributed by atoms with van der Waals surface area (Å²) in [5.41, 5.74) is 1.17. The minimum atomic E-state index is -3.79. The largest absolute Gasteiger partial charge is 0.490 e. The van der Waals surface area contributed by atoms with Gasteiger partial charge in [-0.05, 0) is 36.2 Å².